The number of amides is 1. The molecule has 3 rings (SSSR count). The van der Waals surface area contributed by atoms with E-state index in [1.165, 1.54) is 0 Å². The zero-order valence-electron chi connectivity index (χ0n) is 14.8. The van der Waals surface area contributed by atoms with Gasteiger partial charge in [-0.15, -0.1) is 0 Å². The summed E-state index contributed by atoms with van der Waals surface area (Å²) in [6.45, 7) is 7.53. The lowest BCUT2D eigenvalue weighted by Gasteiger charge is -2.34. The number of rotatable bonds is 6. The summed E-state index contributed by atoms with van der Waals surface area (Å²) in [6, 6.07) is 1.36. The van der Waals surface area contributed by atoms with Gasteiger partial charge in [0.1, 0.15) is 11.9 Å². The van der Waals surface area contributed by atoms with Gasteiger partial charge >= 0.3 is 0 Å². The summed E-state index contributed by atoms with van der Waals surface area (Å²) in [7, 11) is 0. The van der Waals surface area contributed by atoms with Crippen LogP contribution in [0.4, 0.5) is 5.88 Å². The summed E-state index contributed by atoms with van der Waals surface area (Å²) in [6.07, 6.45) is 1.63. The molecular formula is C16H24N6O3. The van der Waals surface area contributed by atoms with E-state index in [1.54, 1.807) is 13.0 Å². The molecule has 2 aromatic heterocycles. The lowest BCUT2D eigenvalue weighted by molar-refractivity contribution is -0.124. The smallest absolute Gasteiger partial charge is 0.243 e. The molecule has 9 heteroatoms. The van der Waals surface area contributed by atoms with Crippen molar-refractivity contribution in [3.8, 4) is 0 Å². The molecule has 0 unspecified atom stereocenters. The lowest BCUT2D eigenvalue weighted by atomic mass is 10.2. The number of aryl methyl sites for hydroxylation is 2. The number of aromatic amines is 1. The topological polar surface area (TPSA) is 109 Å². The van der Waals surface area contributed by atoms with Gasteiger partial charge in [-0.25, -0.2) is 4.98 Å². The SMILES string of the molecule is CCCc1nc([C@H]2CN([C@@H](C)C(=O)Nc3cc(C)no3)CCO2)n[nH]1. The van der Waals surface area contributed by atoms with E-state index < -0.39 is 0 Å². The molecule has 0 aliphatic carbocycles. The minimum Gasteiger partial charge on any atom is -0.367 e. The van der Waals surface area contributed by atoms with E-state index in [1.807, 2.05) is 6.92 Å². The van der Waals surface area contributed by atoms with E-state index in [9.17, 15) is 4.79 Å². The highest BCUT2D eigenvalue weighted by molar-refractivity contribution is 5.93. The van der Waals surface area contributed by atoms with E-state index in [-0.39, 0.29) is 18.1 Å². The number of nitrogens with zero attached hydrogens (tertiary/aromatic N) is 4. The highest BCUT2D eigenvalue weighted by atomic mass is 16.5. The molecular weight excluding hydrogens is 324 g/mol. The molecule has 1 amide bonds. The Balaban J connectivity index is 1.60. The van der Waals surface area contributed by atoms with Gasteiger partial charge in [-0.2, -0.15) is 5.10 Å². The molecule has 136 valence electrons. The Kier molecular flexibility index (Phi) is 5.44. The lowest BCUT2D eigenvalue weighted by Crippen LogP contribution is -2.48. The van der Waals surface area contributed by atoms with Crippen molar-refractivity contribution in [2.24, 2.45) is 0 Å². The maximum Gasteiger partial charge on any atom is 0.243 e. The van der Waals surface area contributed by atoms with Crippen LogP contribution in [0.25, 0.3) is 0 Å². The maximum absolute atomic E-state index is 12.4. The Morgan fingerprint density at radius 3 is 3.12 bits per heavy atom. The highest BCUT2D eigenvalue weighted by Crippen LogP contribution is 2.21. The molecule has 9 nitrogen and oxygen atoms in total. The fraction of sp³-hybridized carbons (Fsp3) is 0.625. The van der Waals surface area contributed by atoms with Crippen LogP contribution < -0.4 is 5.32 Å². The number of hydrogen-bond acceptors (Lipinski definition) is 7. The number of aromatic nitrogens is 4. The van der Waals surface area contributed by atoms with Crippen LogP contribution in [0.15, 0.2) is 10.6 Å². The van der Waals surface area contributed by atoms with Gasteiger partial charge in [0.05, 0.1) is 18.3 Å². The number of morpholine rings is 1. The Morgan fingerprint density at radius 2 is 2.40 bits per heavy atom. The number of carbonyl (C=O) groups is 1. The molecule has 0 saturated carbocycles. The molecule has 0 radical (unpaired) electrons. The summed E-state index contributed by atoms with van der Waals surface area (Å²) in [4.78, 5) is 19.0. The van der Waals surface area contributed by atoms with Crippen LogP contribution in [0.5, 0.6) is 0 Å². The average molecular weight is 348 g/mol. The van der Waals surface area contributed by atoms with Gasteiger partial charge < -0.3 is 9.26 Å². The number of nitrogens with one attached hydrogen (secondary N) is 2. The third-order valence-electron chi connectivity index (χ3n) is 4.22. The first kappa shape index (κ1) is 17.6. The van der Waals surface area contributed by atoms with E-state index in [2.05, 4.69) is 37.5 Å². The molecule has 0 aromatic carbocycles. The predicted octanol–water partition coefficient (Wildman–Crippen LogP) is 1.45. The summed E-state index contributed by atoms with van der Waals surface area (Å²) >= 11 is 0. The zero-order chi connectivity index (χ0) is 17.8. The third kappa shape index (κ3) is 4.23. The van der Waals surface area contributed by atoms with Crippen molar-refractivity contribution < 1.29 is 14.1 Å². The van der Waals surface area contributed by atoms with Crippen molar-refractivity contribution in [3.63, 3.8) is 0 Å². The van der Waals surface area contributed by atoms with E-state index in [0.29, 0.717) is 31.4 Å². The number of ether oxygens (including phenoxy) is 1. The van der Waals surface area contributed by atoms with Crippen LogP contribution in [0, 0.1) is 6.92 Å². The largest absolute Gasteiger partial charge is 0.367 e. The van der Waals surface area contributed by atoms with E-state index in [4.69, 9.17) is 9.26 Å². The van der Waals surface area contributed by atoms with Gasteiger partial charge in [-0.1, -0.05) is 12.1 Å². The van der Waals surface area contributed by atoms with Crippen LogP contribution in [-0.4, -0.2) is 56.9 Å². The van der Waals surface area contributed by atoms with Gasteiger partial charge in [0, 0.05) is 25.6 Å². The number of anilines is 1. The summed E-state index contributed by atoms with van der Waals surface area (Å²) < 4.78 is 10.8. The van der Waals surface area contributed by atoms with Gasteiger partial charge in [0.2, 0.25) is 11.8 Å². The Morgan fingerprint density at radius 1 is 1.56 bits per heavy atom. The first-order valence-corrected chi connectivity index (χ1v) is 8.57. The molecule has 25 heavy (non-hydrogen) atoms. The van der Waals surface area contributed by atoms with Crippen molar-refractivity contribution in [1.29, 1.82) is 0 Å². The third-order valence-corrected chi connectivity index (χ3v) is 4.22. The standard InChI is InChI=1S/C16H24N6O3/c1-4-5-13-17-15(20-19-13)12-9-22(6-7-24-12)11(3)16(23)18-14-8-10(2)21-25-14/h8,11-12H,4-7,9H2,1-3H3,(H,18,23)(H,17,19,20)/t11-,12+/m0/s1. The average Bonchev–Trinajstić information content (AvgIpc) is 3.24. The van der Waals surface area contributed by atoms with Gasteiger partial charge in [0.15, 0.2) is 5.82 Å². The Hall–Kier alpha value is -2.26. The minimum absolute atomic E-state index is 0.140. The van der Waals surface area contributed by atoms with Crippen LogP contribution in [-0.2, 0) is 16.0 Å². The number of H-pyrrole nitrogens is 1. The molecule has 2 N–H and O–H groups in total. The minimum atomic E-state index is -0.328. The summed E-state index contributed by atoms with van der Waals surface area (Å²) in [5.41, 5.74) is 0.724. The Labute approximate surface area is 146 Å². The molecule has 0 spiro atoms. The Bertz CT molecular complexity index is 712. The first-order chi connectivity index (χ1) is 12.1. The maximum atomic E-state index is 12.4. The molecule has 3 heterocycles. The quantitative estimate of drug-likeness (QED) is 0.813. The molecule has 1 aliphatic rings. The molecule has 1 aliphatic heterocycles. The second-order valence-electron chi connectivity index (χ2n) is 6.24. The fourth-order valence-corrected chi connectivity index (χ4v) is 2.79. The van der Waals surface area contributed by atoms with Crippen LogP contribution in [0.2, 0.25) is 0 Å². The monoisotopic (exact) mass is 348 g/mol. The summed E-state index contributed by atoms with van der Waals surface area (Å²) in [5.74, 6) is 1.73. The van der Waals surface area contributed by atoms with Crippen molar-refractivity contribution in [2.45, 2.75) is 45.8 Å². The molecule has 2 atom stereocenters. The number of carbonyl (C=O) groups excluding carboxylic acids is 1. The summed E-state index contributed by atoms with van der Waals surface area (Å²) in [5, 5.41) is 13.7. The van der Waals surface area contributed by atoms with Crippen LogP contribution >= 0.6 is 0 Å². The van der Waals surface area contributed by atoms with Crippen molar-refractivity contribution >= 4 is 11.8 Å². The van der Waals surface area contributed by atoms with Gasteiger partial charge in [0.25, 0.3) is 0 Å². The molecule has 1 saturated heterocycles. The zero-order valence-corrected chi connectivity index (χ0v) is 14.8. The van der Waals surface area contributed by atoms with Gasteiger partial charge in [-0.05, 0) is 20.3 Å². The van der Waals surface area contributed by atoms with E-state index in [0.717, 1.165) is 24.4 Å². The first-order valence-electron chi connectivity index (χ1n) is 8.57. The molecule has 1 fully saturated rings. The predicted molar refractivity (Wildman–Crippen MR) is 90.0 cm³/mol. The number of hydrogen-bond donors (Lipinski definition) is 2. The fourth-order valence-electron chi connectivity index (χ4n) is 2.79. The molecule has 2 aromatic rings. The second kappa shape index (κ2) is 7.75. The highest BCUT2D eigenvalue weighted by Gasteiger charge is 2.31. The van der Waals surface area contributed by atoms with Crippen LogP contribution in [0.3, 0.4) is 0 Å². The van der Waals surface area contributed by atoms with E-state index >= 15 is 0 Å². The van der Waals surface area contributed by atoms with Crippen LogP contribution in [0.1, 0.15) is 43.7 Å². The van der Waals surface area contributed by atoms with Crippen molar-refractivity contribution in [1.82, 2.24) is 25.2 Å². The van der Waals surface area contributed by atoms with Crippen molar-refractivity contribution in [2.75, 3.05) is 25.0 Å². The molecule has 0 bridgehead atoms. The second-order valence-corrected chi connectivity index (χ2v) is 6.24. The normalized spacial score (nSPS) is 19.7. The van der Waals surface area contributed by atoms with Gasteiger partial charge in [-0.3, -0.25) is 20.1 Å². The van der Waals surface area contributed by atoms with Crippen molar-refractivity contribution in [3.05, 3.63) is 23.4 Å².